The van der Waals surface area contributed by atoms with E-state index in [0.29, 0.717) is 33.9 Å². The van der Waals surface area contributed by atoms with Crippen molar-refractivity contribution in [2.45, 2.75) is 56.8 Å². The van der Waals surface area contributed by atoms with Crippen LogP contribution < -0.4 is 9.62 Å². The maximum absolute atomic E-state index is 14.5. The minimum absolute atomic E-state index is 0.101. The molecule has 254 valence electrons. The number of nitrogens with zero attached hydrogens (tertiary/aromatic N) is 2. The molecular formula is C36H37ClF3N3O4S. The van der Waals surface area contributed by atoms with Gasteiger partial charge in [-0.3, -0.25) is 13.9 Å². The molecule has 0 saturated carbocycles. The van der Waals surface area contributed by atoms with Crippen LogP contribution >= 0.6 is 11.6 Å². The number of carbonyl (C=O) groups excluding carboxylic acids is 2. The lowest BCUT2D eigenvalue weighted by Gasteiger charge is -2.34. The van der Waals surface area contributed by atoms with Crippen LogP contribution in [-0.2, 0) is 38.8 Å². The molecule has 0 spiro atoms. The predicted octanol–water partition coefficient (Wildman–Crippen LogP) is 7.42. The van der Waals surface area contributed by atoms with Gasteiger partial charge in [0.1, 0.15) is 12.6 Å². The zero-order chi connectivity index (χ0) is 34.9. The van der Waals surface area contributed by atoms with E-state index in [1.165, 1.54) is 23.1 Å². The first-order chi connectivity index (χ1) is 22.8. The van der Waals surface area contributed by atoms with Crippen molar-refractivity contribution in [3.63, 3.8) is 0 Å². The maximum atomic E-state index is 14.5. The zero-order valence-corrected chi connectivity index (χ0v) is 28.2. The van der Waals surface area contributed by atoms with Crippen LogP contribution in [0, 0.1) is 6.92 Å². The Labute approximate surface area is 284 Å². The van der Waals surface area contributed by atoms with Gasteiger partial charge < -0.3 is 10.2 Å². The van der Waals surface area contributed by atoms with E-state index in [2.05, 4.69) is 5.32 Å². The van der Waals surface area contributed by atoms with Gasteiger partial charge in [-0.25, -0.2) is 8.42 Å². The first-order valence-electron chi connectivity index (χ1n) is 15.4. The quantitative estimate of drug-likeness (QED) is 0.139. The molecule has 1 unspecified atom stereocenters. The molecule has 4 aromatic rings. The standard InChI is InChI=1S/C36H37ClF3N3O4S/c1-3-4-21-41-35(45)33(22-27-9-6-5-7-10-27)42(24-28-15-17-30(37)18-16-28)34(44)25-43(31-12-8-11-29(23-31)36(38,39)40)48(46,47)32-19-13-26(2)14-20-32/h5-20,23,33H,3-4,21-22,24-25H2,1-2H3,(H,41,45). The van der Waals surface area contributed by atoms with E-state index < -0.39 is 46.2 Å². The summed E-state index contributed by atoms with van der Waals surface area (Å²) in [7, 11) is -4.56. The lowest BCUT2D eigenvalue weighted by atomic mass is 10.0. The number of benzene rings is 4. The summed E-state index contributed by atoms with van der Waals surface area (Å²) in [5, 5.41) is 3.35. The second kappa shape index (κ2) is 16.2. The number of amides is 2. The Kier molecular flexibility index (Phi) is 12.3. The van der Waals surface area contributed by atoms with Crippen molar-refractivity contribution >= 4 is 39.1 Å². The minimum Gasteiger partial charge on any atom is -0.354 e. The van der Waals surface area contributed by atoms with E-state index in [0.717, 1.165) is 29.7 Å². The van der Waals surface area contributed by atoms with E-state index in [9.17, 15) is 31.2 Å². The van der Waals surface area contributed by atoms with E-state index in [1.54, 1.807) is 55.5 Å². The lowest BCUT2D eigenvalue weighted by Crippen LogP contribution is -2.53. The van der Waals surface area contributed by atoms with Crippen LogP contribution in [0.25, 0.3) is 0 Å². The molecule has 0 aliphatic rings. The summed E-state index contributed by atoms with van der Waals surface area (Å²) in [6, 6.07) is 24.2. The fourth-order valence-electron chi connectivity index (χ4n) is 5.05. The molecule has 7 nitrogen and oxygen atoms in total. The number of alkyl halides is 3. The van der Waals surface area contributed by atoms with Crippen molar-refractivity contribution in [3.05, 3.63) is 130 Å². The van der Waals surface area contributed by atoms with Crippen LogP contribution in [-0.4, -0.2) is 44.3 Å². The molecule has 0 radical (unpaired) electrons. The van der Waals surface area contributed by atoms with Gasteiger partial charge in [0, 0.05) is 24.5 Å². The zero-order valence-electron chi connectivity index (χ0n) is 26.6. The number of carbonyl (C=O) groups is 2. The molecule has 0 aliphatic heterocycles. The van der Waals surface area contributed by atoms with Crippen molar-refractivity contribution in [2.24, 2.45) is 0 Å². The van der Waals surface area contributed by atoms with Crippen molar-refractivity contribution < 1.29 is 31.2 Å². The minimum atomic E-state index is -4.77. The summed E-state index contributed by atoms with van der Waals surface area (Å²) in [6.07, 6.45) is -3.14. The van der Waals surface area contributed by atoms with Gasteiger partial charge in [-0.15, -0.1) is 0 Å². The Morgan fingerprint density at radius 1 is 0.875 bits per heavy atom. The fraction of sp³-hybridized carbons (Fsp3) is 0.278. The fourth-order valence-corrected chi connectivity index (χ4v) is 6.58. The smallest absolute Gasteiger partial charge is 0.354 e. The summed E-state index contributed by atoms with van der Waals surface area (Å²) >= 11 is 6.10. The van der Waals surface area contributed by atoms with Gasteiger partial charge in [0.15, 0.2) is 0 Å². The normalized spacial score (nSPS) is 12.3. The first-order valence-corrected chi connectivity index (χ1v) is 17.2. The number of anilines is 1. The van der Waals surface area contributed by atoms with Crippen LogP contribution in [0.5, 0.6) is 0 Å². The molecule has 0 saturated heterocycles. The van der Waals surface area contributed by atoms with Crippen LogP contribution in [0.2, 0.25) is 5.02 Å². The van der Waals surface area contributed by atoms with Crippen LogP contribution in [0.4, 0.5) is 18.9 Å². The van der Waals surface area contributed by atoms with Gasteiger partial charge in [0.25, 0.3) is 10.0 Å². The van der Waals surface area contributed by atoms with Crippen molar-refractivity contribution in [1.82, 2.24) is 10.2 Å². The summed E-state index contributed by atoms with van der Waals surface area (Å²) in [6.45, 7) is 3.12. The molecule has 1 atom stereocenters. The summed E-state index contributed by atoms with van der Waals surface area (Å²) in [5.41, 5.74) is 0.704. The molecular weight excluding hydrogens is 663 g/mol. The Morgan fingerprint density at radius 2 is 1.54 bits per heavy atom. The van der Waals surface area contributed by atoms with Gasteiger partial charge in [-0.05, 0) is 66.9 Å². The molecule has 4 rings (SSSR count). The topological polar surface area (TPSA) is 86.8 Å². The van der Waals surface area contributed by atoms with Crippen molar-refractivity contribution in [2.75, 3.05) is 17.4 Å². The third-order valence-corrected chi connectivity index (χ3v) is 9.76. The third kappa shape index (κ3) is 9.60. The van der Waals surface area contributed by atoms with Crippen LogP contribution in [0.3, 0.4) is 0 Å². The molecule has 0 aromatic heterocycles. The highest BCUT2D eigenvalue weighted by Gasteiger charge is 2.36. The van der Waals surface area contributed by atoms with E-state index >= 15 is 0 Å². The highest BCUT2D eigenvalue weighted by atomic mass is 35.5. The second-order valence-corrected chi connectivity index (χ2v) is 13.7. The first kappa shape index (κ1) is 36.5. The summed E-state index contributed by atoms with van der Waals surface area (Å²) in [5.74, 6) is -1.23. The second-order valence-electron chi connectivity index (χ2n) is 11.4. The lowest BCUT2D eigenvalue weighted by molar-refractivity contribution is -0.140. The van der Waals surface area contributed by atoms with Crippen LogP contribution in [0.1, 0.15) is 42.0 Å². The molecule has 0 fully saturated rings. The predicted molar refractivity (Wildman–Crippen MR) is 181 cm³/mol. The number of aryl methyl sites for hydroxylation is 1. The molecule has 12 heteroatoms. The van der Waals surface area contributed by atoms with Gasteiger partial charge in [-0.2, -0.15) is 13.2 Å². The number of hydrogen-bond donors (Lipinski definition) is 1. The number of hydrogen-bond acceptors (Lipinski definition) is 4. The van der Waals surface area contributed by atoms with E-state index in [-0.39, 0.29) is 23.5 Å². The highest BCUT2D eigenvalue weighted by molar-refractivity contribution is 7.92. The molecule has 0 heterocycles. The van der Waals surface area contributed by atoms with Gasteiger partial charge in [0.2, 0.25) is 11.8 Å². The monoisotopic (exact) mass is 699 g/mol. The Bertz CT molecular complexity index is 1790. The molecule has 4 aromatic carbocycles. The Hall–Kier alpha value is -4.35. The van der Waals surface area contributed by atoms with Gasteiger partial charge in [-0.1, -0.05) is 91.2 Å². The molecule has 0 aliphatic carbocycles. The Balaban J connectivity index is 1.83. The summed E-state index contributed by atoms with van der Waals surface area (Å²) < 4.78 is 70.2. The number of nitrogens with one attached hydrogen (secondary N) is 1. The maximum Gasteiger partial charge on any atom is 0.416 e. The molecule has 1 N–H and O–H groups in total. The highest BCUT2D eigenvalue weighted by Crippen LogP contribution is 2.33. The molecule has 0 bridgehead atoms. The van der Waals surface area contributed by atoms with Crippen molar-refractivity contribution in [3.8, 4) is 0 Å². The SMILES string of the molecule is CCCCNC(=O)C(Cc1ccccc1)N(Cc1ccc(Cl)cc1)C(=O)CN(c1cccc(C(F)(F)F)c1)S(=O)(=O)c1ccc(C)cc1. The number of halogens is 4. The van der Waals surface area contributed by atoms with Gasteiger partial charge in [0.05, 0.1) is 16.1 Å². The summed E-state index contributed by atoms with van der Waals surface area (Å²) in [4.78, 5) is 29.3. The van der Waals surface area contributed by atoms with Crippen LogP contribution in [0.15, 0.2) is 108 Å². The number of unbranched alkanes of at least 4 members (excludes halogenated alkanes) is 1. The largest absolute Gasteiger partial charge is 0.416 e. The van der Waals surface area contributed by atoms with Gasteiger partial charge >= 0.3 is 6.18 Å². The van der Waals surface area contributed by atoms with E-state index in [1.807, 2.05) is 25.1 Å². The molecule has 2 amide bonds. The average molecular weight is 700 g/mol. The van der Waals surface area contributed by atoms with Crippen molar-refractivity contribution in [1.29, 1.82) is 0 Å². The van der Waals surface area contributed by atoms with E-state index in [4.69, 9.17) is 11.6 Å². The number of sulfonamides is 1. The third-order valence-electron chi connectivity index (χ3n) is 7.72. The Morgan fingerprint density at radius 3 is 2.17 bits per heavy atom. The molecule has 48 heavy (non-hydrogen) atoms. The average Bonchev–Trinajstić information content (AvgIpc) is 3.06. The number of rotatable bonds is 14.